The van der Waals surface area contributed by atoms with E-state index in [1.807, 2.05) is 0 Å². The van der Waals surface area contributed by atoms with Gasteiger partial charge in [-0.25, -0.2) is 9.78 Å². The number of nitrogens with two attached hydrogens (primary N) is 1. The lowest BCUT2D eigenvalue weighted by Crippen LogP contribution is -2.15. The lowest BCUT2D eigenvalue weighted by atomic mass is 10.2. The summed E-state index contributed by atoms with van der Waals surface area (Å²) >= 11 is 0. The van der Waals surface area contributed by atoms with Gasteiger partial charge in [-0.05, 0) is 12.1 Å². The molecule has 1 amide bonds. The number of primary amides is 1. The minimum atomic E-state index is -1.03. The zero-order valence-electron chi connectivity index (χ0n) is 12.1. The Labute approximate surface area is 130 Å². The molecule has 3 N–H and O–H groups in total. The number of amides is 1. The Morgan fingerprint density at radius 2 is 2.09 bits per heavy atom. The molecule has 3 rings (SSSR count). The number of aryl methyl sites for hydroxylation is 1. The van der Waals surface area contributed by atoms with Gasteiger partial charge in [0.2, 0.25) is 11.7 Å². The summed E-state index contributed by atoms with van der Waals surface area (Å²) < 4.78 is 7.20. The average Bonchev–Trinajstić information content (AvgIpc) is 2.86. The number of rotatable bonds is 4. The predicted octanol–water partition coefficient (Wildman–Crippen LogP) is 1.56. The first kappa shape index (κ1) is 14.5. The van der Waals surface area contributed by atoms with Gasteiger partial charge in [0.15, 0.2) is 5.75 Å². The Morgan fingerprint density at radius 3 is 2.78 bits per heavy atom. The summed E-state index contributed by atoms with van der Waals surface area (Å²) in [6.45, 7) is 0. The van der Waals surface area contributed by atoms with Crippen molar-refractivity contribution in [3.8, 4) is 11.6 Å². The van der Waals surface area contributed by atoms with Crippen molar-refractivity contribution in [2.45, 2.75) is 0 Å². The van der Waals surface area contributed by atoms with Crippen molar-refractivity contribution < 1.29 is 19.4 Å². The number of benzene rings is 1. The number of carboxylic acids is 1. The predicted molar refractivity (Wildman–Crippen MR) is 80.5 cm³/mol. The highest BCUT2D eigenvalue weighted by molar-refractivity contribution is 5.96. The van der Waals surface area contributed by atoms with Gasteiger partial charge in [-0.3, -0.25) is 4.79 Å². The second-order valence-electron chi connectivity index (χ2n) is 4.77. The van der Waals surface area contributed by atoms with Crippen LogP contribution in [0, 0.1) is 0 Å². The van der Waals surface area contributed by atoms with Gasteiger partial charge in [0.25, 0.3) is 5.91 Å². The van der Waals surface area contributed by atoms with Crippen molar-refractivity contribution in [1.29, 1.82) is 0 Å². The van der Waals surface area contributed by atoms with Gasteiger partial charge in [-0.2, -0.15) is 4.98 Å². The minimum Gasteiger partial charge on any atom is -0.477 e. The van der Waals surface area contributed by atoms with E-state index in [9.17, 15) is 14.7 Å². The monoisotopic (exact) mass is 312 g/mol. The number of nitrogens with zero attached hydrogens (tertiary/aromatic N) is 3. The van der Waals surface area contributed by atoms with Crippen molar-refractivity contribution >= 4 is 22.8 Å². The van der Waals surface area contributed by atoms with E-state index in [4.69, 9.17) is 10.5 Å². The van der Waals surface area contributed by atoms with Gasteiger partial charge in [0.05, 0.1) is 5.52 Å². The molecule has 0 saturated heterocycles. The Kier molecular flexibility index (Phi) is 3.41. The molecule has 0 unspecified atom stereocenters. The minimum absolute atomic E-state index is 0.136. The van der Waals surface area contributed by atoms with Crippen LogP contribution in [0.15, 0.2) is 36.5 Å². The van der Waals surface area contributed by atoms with Gasteiger partial charge in [-0.1, -0.05) is 12.1 Å². The summed E-state index contributed by atoms with van der Waals surface area (Å²) in [5.41, 5.74) is 5.88. The topological polar surface area (TPSA) is 120 Å². The van der Waals surface area contributed by atoms with E-state index < -0.39 is 11.9 Å². The third kappa shape index (κ3) is 2.57. The summed E-state index contributed by atoms with van der Waals surface area (Å²) in [5.74, 6) is -1.41. The maximum absolute atomic E-state index is 11.2. The molecule has 1 aromatic carbocycles. The van der Waals surface area contributed by atoms with Crippen LogP contribution in [0.2, 0.25) is 0 Å². The zero-order valence-corrected chi connectivity index (χ0v) is 12.1. The molecule has 0 spiro atoms. The Morgan fingerprint density at radius 1 is 1.30 bits per heavy atom. The van der Waals surface area contributed by atoms with E-state index in [1.54, 1.807) is 31.3 Å². The van der Waals surface area contributed by atoms with Crippen LogP contribution in [0.1, 0.15) is 21.1 Å². The molecule has 0 aliphatic carbocycles. The molecule has 2 aromatic heterocycles. The number of aromatic nitrogens is 3. The van der Waals surface area contributed by atoms with Gasteiger partial charge in [0, 0.05) is 24.7 Å². The number of fused-ring (bicyclic) bond motifs is 1. The van der Waals surface area contributed by atoms with Gasteiger partial charge in [-0.15, -0.1) is 0 Å². The number of carbonyl (C=O) groups is 2. The molecule has 8 heteroatoms. The number of para-hydroxylation sites is 1. The van der Waals surface area contributed by atoms with Crippen LogP contribution in [0.4, 0.5) is 0 Å². The van der Waals surface area contributed by atoms with Crippen molar-refractivity contribution in [2.24, 2.45) is 12.8 Å². The molecule has 0 aliphatic heterocycles. The first-order valence-electron chi connectivity index (χ1n) is 6.60. The van der Waals surface area contributed by atoms with Crippen LogP contribution in [-0.4, -0.2) is 31.5 Å². The Hall–Kier alpha value is -3.42. The average molecular weight is 312 g/mol. The van der Waals surface area contributed by atoms with E-state index >= 15 is 0 Å². The molecule has 8 nitrogen and oxygen atoms in total. The van der Waals surface area contributed by atoms with Gasteiger partial charge >= 0.3 is 5.97 Å². The normalized spacial score (nSPS) is 10.7. The van der Waals surface area contributed by atoms with E-state index in [2.05, 4.69) is 9.97 Å². The molecule has 116 valence electrons. The van der Waals surface area contributed by atoms with Gasteiger partial charge < -0.3 is 20.1 Å². The molecule has 0 bridgehead atoms. The number of hydrogen-bond acceptors (Lipinski definition) is 5. The SMILES string of the molecule is Cn1c(C(=O)O)cc2cccc(Oc3ccnc(C(N)=O)n3)c21. The molecular weight excluding hydrogens is 300 g/mol. The summed E-state index contributed by atoms with van der Waals surface area (Å²) in [4.78, 5) is 30.0. The fourth-order valence-corrected chi connectivity index (χ4v) is 2.30. The summed E-state index contributed by atoms with van der Waals surface area (Å²) in [7, 11) is 1.63. The van der Waals surface area contributed by atoms with Crippen LogP contribution in [0.3, 0.4) is 0 Å². The summed E-state index contributed by atoms with van der Waals surface area (Å²) in [5, 5.41) is 9.93. The molecule has 0 saturated carbocycles. The van der Waals surface area contributed by atoms with Gasteiger partial charge in [0.1, 0.15) is 5.69 Å². The number of carbonyl (C=O) groups excluding carboxylic acids is 1. The van der Waals surface area contributed by atoms with E-state index in [-0.39, 0.29) is 17.4 Å². The highest BCUT2D eigenvalue weighted by Crippen LogP contribution is 2.31. The lowest BCUT2D eigenvalue weighted by Gasteiger charge is -2.08. The van der Waals surface area contributed by atoms with Crippen LogP contribution >= 0.6 is 0 Å². The first-order chi connectivity index (χ1) is 11.0. The van der Waals surface area contributed by atoms with Crippen molar-refractivity contribution in [3.63, 3.8) is 0 Å². The molecular formula is C15H12N4O4. The van der Waals surface area contributed by atoms with E-state index in [0.29, 0.717) is 16.7 Å². The van der Waals surface area contributed by atoms with Crippen LogP contribution < -0.4 is 10.5 Å². The van der Waals surface area contributed by atoms with E-state index in [0.717, 1.165) is 0 Å². The first-order valence-corrected chi connectivity index (χ1v) is 6.60. The number of carboxylic acid groups (broad SMARTS) is 1. The Bertz CT molecular complexity index is 932. The number of hydrogen-bond donors (Lipinski definition) is 2. The summed E-state index contributed by atoms with van der Waals surface area (Å²) in [6, 6.07) is 8.23. The molecule has 3 aromatic rings. The second-order valence-corrected chi connectivity index (χ2v) is 4.77. The maximum Gasteiger partial charge on any atom is 0.352 e. The van der Waals surface area contributed by atoms with Crippen LogP contribution in [0.5, 0.6) is 11.6 Å². The molecule has 2 heterocycles. The number of aromatic carboxylic acids is 1. The molecule has 23 heavy (non-hydrogen) atoms. The largest absolute Gasteiger partial charge is 0.477 e. The smallest absolute Gasteiger partial charge is 0.352 e. The summed E-state index contributed by atoms with van der Waals surface area (Å²) in [6.07, 6.45) is 1.36. The third-order valence-corrected chi connectivity index (χ3v) is 3.30. The van der Waals surface area contributed by atoms with Crippen molar-refractivity contribution in [2.75, 3.05) is 0 Å². The van der Waals surface area contributed by atoms with Crippen molar-refractivity contribution in [1.82, 2.24) is 14.5 Å². The van der Waals surface area contributed by atoms with Crippen molar-refractivity contribution in [3.05, 3.63) is 48.0 Å². The second kappa shape index (κ2) is 5.41. The molecule has 0 radical (unpaired) electrons. The van der Waals surface area contributed by atoms with Crippen LogP contribution in [-0.2, 0) is 7.05 Å². The molecule has 0 fully saturated rings. The fourth-order valence-electron chi connectivity index (χ4n) is 2.30. The number of ether oxygens (including phenoxy) is 1. The van der Waals surface area contributed by atoms with Crippen LogP contribution in [0.25, 0.3) is 10.9 Å². The lowest BCUT2D eigenvalue weighted by molar-refractivity contribution is 0.0687. The van der Waals surface area contributed by atoms with E-state index in [1.165, 1.54) is 16.8 Å². The zero-order chi connectivity index (χ0) is 16.6. The maximum atomic E-state index is 11.2. The highest BCUT2D eigenvalue weighted by Gasteiger charge is 2.16. The molecule has 0 aliphatic rings. The standard InChI is InChI=1S/C15H12N4O4/c1-19-9(15(21)22)7-8-3-2-4-10(12(8)19)23-11-5-6-17-14(18-11)13(16)20/h2-7H,1H3,(H2,16,20)(H,21,22). The third-order valence-electron chi connectivity index (χ3n) is 3.30. The highest BCUT2D eigenvalue weighted by atomic mass is 16.5. The molecule has 0 atom stereocenters. The fraction of sp³-hybridized carbons (Fsp3) is 0.0667. The Balaban J connectivity index is 2.08. The quantitative estimate of drug-likeness (QED) is 0.754.